The predicted molar refractivity (Wildman–Crippen MR) is 77.3 cm³/mol. The van der Waals surface area contributed by atoms with E-state index >= 15 is 0 Å². The molecule has 0 fully saturated rings. The number of aliphatic hydroxyl groups excluding tert-OH is 1. The lowest BCUT2D eigenvalue weighted by atomic mass is 10.0. The predicted octanol–water partition coefficient (Wildman–Crippen LogP) is 4.55. The number of hydrogen-bond acceptors (Lipinski definition) is 2. The van der Waals surface area contributed by atoms with Crippen LogP contribution in [0.25, 0.3) is 22.1 Å². The highest BCUT2D eigenvalue weighted by molar-refractivity contribution is 6.30. The molecule has 2 nitrogen and oxygen atoms in total. The van der Waals surface area contributed by atoms with Gasteiger partial charge in [-0.3, -0.25) is 0 Å². The second kappa shape index (κ2) is 4.72. The van der Waals surface area contributed by atoms with E-state index in [0.717, 1.165) is 27.7 Å². The van der Waals surface area contributed by atoms with Gasteiger partial charge in [0.2, 0.25) is 0 Å². The summed E-state index contributed by atoms with van der Waals surface area (Å²) in [4.78, 5) is 0. The Bertz CT molecular complexity index is 726. The summed E-state index contributed by atoms with van der Waals surface area (Å²) < 4.78 is 5.70. The van der Waals surface area contributed by atoms with Crippen molar-refractivity contribution >= 4 is 22.6 Å². The smallest absolute Gasteiger partial charge is 0.138 e. The summed E-state index contributed by atoms with van der Waals surface area (Å²) in [5, 5.41) is 11.2. The van der Waals surface area contributed by atoms with E-state index in [2.05, 4.69) is 6.07 Å². The molecule has 2 aromatic carbocycles. The number of aliphatic hydroxyl groups is 1. The number of fused-ring (bicyclic) bond motifs is 1. The fourth-order valence-corrected chi connectivity index (χ4v) is 2.43. The minimum Gasteiger partial charge on any atom is -0.458 e. The van der Waals surface area contributed by atoms with Crippen molar-refractivity contribution in [1.29, 1.82) is 0 Å². The number of rotatable bonds is 2. The van der Waals surface area contributed by atoms with Crippen molar-refractivity contribution in [2.75, 3.05) is 0 Å². The van der Waals surface area contributed by atoms with E-state index < -0.39 is 0 Å². The molecule has 0 saturated carbocycles. The maximum atomic E-state index is 9.48. The maximum absolute atomic E-state index is 9.48. The normalized spacial score (nSPS) is 11.1. The van der Waals surface area contributed by atoms with Crippen LogP contribution in [0.3, 0.4) is 0 Å². The number of hydrogen-bond donors (Lipinski definition) is 1. The zero-order chi connectivity index (χ0) is 13.4. The van der Waals surface area contributed by atoms with Crippen molar-refractivity contribution in [3.8, 4) is 11.1 Å². The molecular formula is C16H13ClO2. The summed E-state index contributed by atoms with van der Waals surface area (Å²) in [6, 6.07) is 13.6. The Morgan fingerprint density at radius 1 is 1.11 bits per heavy atom. The lowest BCUT2D eigenvalue weighted by Gasteiger charge is -2.02. The average Bonchev–Trinajstić information content (AvgIpc) is 2.77. The second-order valence-corrected chi connectivity index (χ2v) is 5.00. The summed E-state index contributed by atoms with van der Waals surface area (Å²) in [6.07, 6.45) is 0. The van der Waals surface area contributed by atoms with E-state index in [1.807, 2.05) is 43.3 Å². The molecule has 3 rings (SSSR count). The van der Waals surface area contributed by atoms with Crippen LogP contribution in [0.1, 0.15) is 11.3 Å². The minimum atomic E-state index is -0.119. The monoisotopic (exact) mass is 272 g/mol. The Morgan fingerprint density at radius 3 is 2.53 bits per heavy atom. The molecule has 19 heavy (non-hydrogen) atoms. The zero-order valence-electron chi connectivity index (χ0n) is 10.5. The van der Waals surface area contributed by atoms with Gasteiger partial charge in [0.05, 0.1) is 0 Å². The summed E-state index contributed by atoms with van der Waals surface area (Å²) >= 11 is 5.92. The van der Waals surface area contributed by atoms with Crippen molar-refractivity contribution in [3.63, 3.8) is 0 Å². The van der Waals surface area contributed by atoms with Gasteiger partial charge in [-0.15, -0.1) is 0 Å². The largest absolute Gasteiger partial charge is 0.458 e. The van der Waals surface area contributed by atoms with Gasteiger partial charge in [0.15, 0.2) is 0 Å². The number of benzene rings is 2. The Balaban J connectivity index is 2.31. The molecule has 3 aromatic rings. The van der Waals surface area contributed by atoms with Gasteiger partial charge in [0, 0.05) is 16.0 Å². The fraction of sp³-hybridized carbons (Fsp3) is 0.125. The molecule has 1 heterocycles. The first-order chi connectivity index (χ1) is 9.19. The van der Waals surface area contributed by atoms with Gasteiger partial charge in [0.25, 0.3) is 0 Å². The van der Waals surface area contributed by atoms with E-state index in [0.29, 0.717) is 10.8 Å². The molecular weight excluding hydrogens is 260 g/mol. The van der Waals surface area contributed by atoms with E-state index in [9.17, 15) is 5.11 Å². The Hall–Kier alpha value is -1.77. The van der Waals surface area contributed by atoms with Crippen LogP contribution in [0.5, 0.6) is 0 Å². The molecule has 0 aliphatic carbocycles. The third-order valence-corrected chi connectivity index (χ3v) is 3.44. The van der Waals surface area contributed by atoms with Crippen LogP contribution in [-0.4, -0.2) is 5.11 Å². The van der Waals surface area contributed by atoms with Crippen LogP contribution in [0.15, 0.2) is 46.9 Å². The highest BCUT2D eigenvalue weighted by atomic mass is 35.5. The van der Waals surface area contributed by atoms with Crippen molar-refractivity contribution < 1.29 is 9.52 Å². The third kappa shape index (κ3) is 2.14. The van der Waals surface area contributed by atoms with Crippen LogP contribution in [-0.2, 0) is 6.61 Å². The Labute approximate surface area is 116 Å². The molecule has 0 aliphatic heterocycles. The summed E-state index contributed by atoms with van der Waals surface area (Å²) in [7, 11) is 0. The summed E-state index contributed by atoms with van der Waals surface area (Å²) in [5.74, 6) is 0.586. The molecule has 0 saturated heterocycles. The second-order valence-electron chi connectivity index (χ2n) is 4.56. The number of halogens is 1. The SMILES string of the molecule is Cc1ccc2oc(CO)c(-c3ccc(Cl)cc3)c2c1. The van der Waals surface area contributed by atoms with Crippen LogP contribution >= 0.6 is 11.6 Å². The Kier molecular flexibility index (Phi) is 3.05. The van der Waals surface area contributed by atoms with Crippen LogP contribution in [0.2, 0.25) is 5.02 Å². The van der Waals surface area contributed by atoms with Crippen LogP contribution < -0.4 is 0 Å². The van der Waals surface area contributed by atoms with Crippen LogP contribution in [0.4, 0.5) is 0 Å². The third-order valence-electron chi connectivity index (χ3n) is 3.19. The van der Waals surface area contributed by atoms with E-state index in [-0.39, 0.29) is 6.61 Å². The average molecular weight is 273 g/mol. The molecule has 0 radical (unpaired) electrons. The van der Waals surface area contributed by atoms with Crippen molar-refractivity contribution in [2.45, 2.75) is 13.5 Å². The van der Waals surface area contributed by atoms with Crippen molar-refractivity contribution in [3.05, 3.63) is 58.8 Å². The fourth-order valence-electron chi connectivity index (χ4n) is 2.31. The first-order valence-electron chi connectivity index (χ1n) is 6.08. The maximum Gasteiger partial charge on any atom is 0.138 e. The van der Waals surface area contributed by atoms with E-state index in [4.69, 9.17) is 16.0 Å². The molecule has 0 bridgehead atoms. The molecule has 1 N–H and O–H groups in total. The van der Waals surface area contributed by atoms with Gasteiger partial charge in [-0.1, -0.05) is 35.4 Å². The molecule has 0 aliphatic rings. The first-order valence-corrected chi connectivity index (χ1v) is 6.45. The van der Waals surface area contributed by atoms with Gasteiger partial charge in [0.1, 0.15) is 18.0 Å². The summed E-state index contributed by atoms with van der Waals surface area (Å²) in [5.41, 5.74) is 3.89. The molecule has 0 atom stereocenters. The molecule has 3 heteroatoms. The van der Waals surface area contributed by atoms with Gasteiger partial charge in [-0.2, -0.15) is 0 Å². The highest BCUT2D eigenvalue weighted by Crippen LogP contribution is 2.35. The zero-order valence-corrected chi connectivity index (χ0v) is 11.2. The molecule has 0 unspecified atom stereocenters. The molecule has 96 valence electrons. The standard InChI is InChI=1S/C16H13ClO2/c1-10-2-7-14-13(8-10)16(15(9-18)19-14)11-3-5-12(17)6-4-11/h2-8,18H,9H2,1H3. The van der Waals surface area contributed by atoms with Gasteiger partial charge in [-0.25, -0.2) is 0 Å². The molecule has 0 amide bonds. The Morgan fingerprint density at radius 2 is 1.84 bits per heavy atom. The highest BCUT2D eigenvalue weighted by Gasteiger charge is 2.15. The number of furan rings is 1. The van der Waals surface area contributed by atoms with E-state index in [1.54, 1.807) is 0 Å². The molecule has 0 spiro atoms. The topological polar surface area (TPSA) is 33.4 Å². The van der Waals surface area contributed by atoms with Gasteiger partial charge in [-0.05, 0) is 36.8 Å². The van der Waals surface area contributed by atoms with Gasteiger partial charge < -0.3 is 9.52 Å². The van der Waals surface area contributed by atoms with Crippen molar-refractivity contribution in [1.82, 2.24) is 0 Å². The quantitative estimate of drug-likeness (QED) is 0.742. The molecule has 1 aromatic heterocycles. The lowest BCUT2D eigenvalue weighted by Crippen LogP contribution is -1.84. The number of aryl methyl sites for hydroxylation is 1. The summed E-state index contributed by atoms with van der Waals surface area (Å²) in [6.45, 7) is 1.92. The van der Waals surface area contributed by atoms with Crippen molar-refractivity contribution in [2.24, 2.45) is 0 Å². The van der Waals surface area contributed by atoms with Crippen LogP contribution in [0, 0.1) is 6.92 Å². The first kappa shape index (κ1) is 12.3. The minimum absolute atomic E-state index is 0.119. The van der Waals surface area contributed by atoms with E-state index in [1.165, 1.54) is 0 Å². The van der Waals surface area contributed by atoms with Gasteiger partial charge >= 0.3 is 0 Å². The lowest BCUT2D eigenvalue weighted by molar-refractivity contribution is 0.252.